The Morgan fingerprint density at radius 1 is 1.11 bits per heavy atom. The van der Waals surface area contributed by atoms with Crippen molar-refractivity contribution in [2.45, 2.75) is 0 Å². The number of carbonyl (C=O) groups is 1. The van der Waals surface area contributed by atoms with Crippen LogP contribution in [-0.2, 0) is 0 Å². The molecule has 0 aromatic heterocycles. The predicted molar refractivity (Wildman–Crippen MR) is 63.7 cm³/mol. The van der Waals surface area contributed by atoms with Crippen LogP contribution in [0, 0.1) is 11.6 Å². The molecule has 92 valence electrons. The third-order valence-corrected chi connectivity index (χ3v) is 2.60. The Hall–Kier alpha value is -2.23. The summed E-state index contributed by atoms with van der Waals surface area (Å²) in [6.07, 6.45) is 0.497. The number of halogens is 2. The molecule has 18 heavy (non-hydrogen) atoms. The van der Waals surface area contributed by atoms with Gasteiger partial charge in [0.25, 0.3) is 0 Å². The van der Waals surface area contributed by atoms with Crippen LogP contribution < -0.4 is 4.74 Å². The minimum absolute atomic E-state index is 0.0992. The van der Waals surface area contributed by atoms with E-state index in [-0.39, 0.29) is 5.56 Å². The maximum absolute atomic E-state index is 13.2. The van der Waals surface area contributed by atoms with Gasteiger partial charge in [-0.1, -0.05) is 12.1 Å². The van der Waals surface area contributed by atoms with Crippen molar-refractivity contribution in [3.05, 3.63) is 53.6 Å². The van der Waals surface area contributed by atoms with E-state index in [0.717, 1.165) is 12.1 Å². The molecule has 0 amide bonds. The van der Waals surface area contributed by atoms with E-state index in [2.05, 4.69) is 0 Å². The number of rotatable bonds is 3. The third-order valence-electron chi connectivity index (χ3n) is 2.60. The first-order valence-corrected chi connectivity index (χ1v) is 5.24. The van der Waals surface area contributed by atoms with Gasteiger partial charge in [-0.15, -0.1) is 0 Å². The molecule has 0 aliphatic carbocycles. The van der Waals surface area contributed by atoms with E-state index in [4.69, 9.17) is 4.74 Å². The molecular formula is C14H10F2O2. The highest BCUT2D eigenvalue weighted by Crippen LogP contribution is 2.28. The largest absolute Gasteiger partial charge is 0.497 e. The average Bonchev–Trinajstić information content (AvgIpc) is 2.41. The second-order valence-corrected chi connectivity index (χ2v) is 3.70. The number of hydrogen-bond acceptors (Lipinski definition) is 2. The molecule has 0 unspecified atom stereocenters. The lowest BCUT2D eigenvalue weighted by atomic mass is 10.00. The minimum atomic E-state index is -1.04. The molecule has 2 nitrogen and oxygen atoms in total. The molecule has 2 rings (SSSR count). The molecule has 0 bridgehead atoms. The summed E-state index contributed by atoms with van der Waals surface area (Å²) in [4.78, 5) is 10.9. The fraction of sp³-hybridized carbons (Fsp3) is 0.0714. The van der Waals surface area contributed by atoms with Crippen LogP contribution in [0.15, 0.2) is 36.4 Å². The van der Waals surface area contributed by atoms with Gasteiger partial charge in [-0.3, -0.25) is 4.79 Å². The summed E-state index contributed by atoms with van der Waals surface area (Å²) in [5, 5.41) is 0. The fourth-order valence-corrected chi connectivity index (χ4v) is 1.70. The van der Waals surface area contributed by atoms with E-state index in [9.17, 15) is 13.6 Å². The minimum Gasteiger partial charge on any atom is -0.497 e. The molecule has 2 aromatic carbocycles. The lowest BCUT2D eigenvalue weighted by Crippen LogP contribution is -1.94. The monoisotopic (exact) mass is 248 g/mol. The summed E-state index contributed by atoms with van der Waals surface area (Å²) >= 11 is 0. The SMILES string of the molecule is COc1cccc(-c2cc(F)c(F)cc2C=O)c1. The second-order valence-electron chi connectivity index (χ2n) is 3.70. The van der Waals surface area contributed by atoms with E-state index in [1.807, 2.05) is 0 Å². The Bertz CT molecular complexity index is 594. The zero-order chi connectivity index (χ0) is 13.1. The molecule has 4 heteroatoms. The van der Waals surface area contributed by atoms with Gasteiger partial charge in [0.15, 0.2) is 17.9 Å². The highest BCUT2D eigenvalue weighted by atomic mass is 19.2. The fourth-order valence-electron chi connectivity index (χ4n) is 1.70. The number of carbonyl (C=O) groups excluding carboxylic acids is 1. The molecule has 0 saturated heterocycles. The van der Waals surface area contributed by atoms with Crippen molar-refractivity contribution >= 4 is 6.29 Å². The van der Waals surface area contributed by atoms with E-state index >= 15 is 0 Å². The third kappa shape index (κ3) is 2.22. The standard InChI is InChI=1S/C14H10F2O2/c1-18-11-4-2-3-9(5-11)12-7-14(16)13(15)6-10(12)8-17/h2-8H,1H3. The zero-order valence-corrected chi connectivity index (χ0v) is 9.61. The molecule has 0 aliphatic rings. The van der Waals surface area contributed by atoms with Crippen molar-refractivity contribution in [3.8, 4) is 16.9 Å². The van der Waals surface area contributed by atoms with E-state index in [0.29, 0.717) is 23.2 Å². The number of aldehydes is 1. The quantitative estimate of drug-likeness (QED) is 0.777. The summed E-state index contributed by atoms with van der Waals surface area (Å²) in [6, 6.07) is 8.68. The highest BCUT2D eigenvalue weighted by Gasteiger charge is 2.11. The molecule has 0 atom stereocenters. The first-order valence-electron chi connectivity index (χ1n) is 5.24. The topological polar surface area (TPSA) is 26.3 Å². The summed E-state index contributed by atoms with van der Waals surface area (Å²) in [5.41, 5.74) is 1.03. The normalized spacial score (nSPS) is 10.2. The zero-order valence-electron chi connectivity index (χ0n) is 9.61. The second kappa shape index (κ2) is 4.96. The first kappa shape index (κ1) is 12.2. The van der Waals surface area contributed by atoms with Gasteiger partial charge < -0.3 is 4.74 Å². The number of ether oxygens (including phenoxy) is 1. The van der Waals surface area contributed by atoms with Gasteiger partial charge in [0.1, 0.15) is 5.75 Å². The van der Waals surface area contributed by atoms with Crippen LogP contribution in [0.3, 0.4) is 0 Å². The van der Waals surface area contributed by atoms with E-state index < -0.39 is 11.6 Å². The van der Waals surface area contributed by atoms with Crippen molar-refractivity contribution in [1.29, 1.82) is 0 Å². The van der Waals surface area contributed by atoms with Gasteiger partial charge in [0.05, 0.1) is 7.11 Å². The van der Waals surface area contributed by atoms with Crippen molar-refractivity contribution in [2.24, 2.45) is 0 Å². The van der Waals surface area contributed by atoms with E-state index in [1.54, 1.807) is 24.3 Å². The number of hydrogen-bond donors (Lipinski definition) is 0. The Balaban J connectivity index is 2.61. The maximum Gasteiger partial charge on any atom is 0.159 e. The smallest absolute Gasteiger partial charge is 0.159 e. The molecule has 0 N–H and O–H groups in total. The van der Waals surface area contributed by atoms with Gasteiger partial charge in [0, 0.05) is 5.56 Å². The summed E-state index contributed by atoms with van der Waals surface area (Å²) < 4.78 is 31.3. The van der Waals surface area contributed by atoms with E-state index in [1.165, 1.54) is 7.11 Å². The Kier molecular flexibility index (Phi) is 3.37. The van der Waals surface area contributed by atoms with Crippen molar-refractivity contribution in [1.82, 2.24) is 0 Å². The number of methoxy groups -OCH3 is 1. The van der Waals surface area contributed by atoms with Gasteiger partial charge >= 0.3 is 0 Å². The van der Waals surface area contributed by atoms with Crippen molar-refractivity contribution in [3.63, 3.8) is 0 Å². The molecule has 0 saturated carbocycles. The molecule has 0 spiro atoms. The summed E-state index contributed by atoms with van der Waals surface area (Å²) in [7, 11) is 1.50. The van der Waals surface area contributed by atoms with Crippen LogP contribution in [-0.4, -0.2) is 13.4 Å². The average molecular weight is 248 g/mol. The van der Waals surface area contributed by atoms with Crippen molar-refractivity contribution < 1.29 is 18.3 Å². The van der Waals surface area contributed by atoms with Gasteiger partial charge in [-0.2, -0.15) is 0 Å². The molecule has 0 heterocycles. The van der Waals surface area contributed by atoms with Crippen molar-refractivity contribution in [2.75, 3.05) is 7.11 Å². The summed E-state index contributed by atoms with van der Waals surface area (Å²) in [6.45, 7) is 0. The van der Waals surface area contributed by atoms with Crippen LogP contribution in [0.1, 0.15) is 10.4 Å². The lowest BCUT2D eigenvalue weighted by Gasteiger charge is -2.08. The maximum atomic E-state index is 13.2. The van der Waals surface area contributed by atoms with Crippen LogP contribution in [0.25, 0.3) is 11.1 Å². The molecule has 0 fully saturated rings. The van der Waals surface area contributed by atoms with Gasteiger partial charge in [-0.25, -0.2) is 8.78 Å². The van der Waals surface area contributed by atoms with Crippen LogP contribution >= 0.6 is 0 Å². The predicted octanol–water partition coefficient (Wildman–Crippen LogP) is 3.45. The lowest BCUT2D eigenvalue weighted by molar-refractivity contribution is 0.112. The van der Waals surface area contributed by atoms with Gasteiger partial charge in [0.2, 0.25) is 0 Å². The highest BCUT2D eigenvalue weighted by molar-refractivity contribution is 5.87. The Morgan fingerprint density at radius 2 is 1.83 bits per heavy atom. The van der Waals surface area contributed by atoms with Gasteiger partial charge in [-0.05, 0) is 35.4 Å². The Morgan fingerprint density at radius 3 is 2.50 bits per heavy atom. The first-order chi connectivity index (χ1) is 8.65. The summed E-state index contributed by atoms with van der Waals surface area (Å²) in [5.74, 6) is -1.45. The molecule has 0 aliphatic heterocycles. The Labute approximate surface area is 103 Å². The van der Waals surface area contributed by atoms with Crippen LogP contribution in [0.5, 0.6) is 5.75 Å². The number of benzene rings is 2. The molecule has 0 radical (unpaired) electrons. The van der Waals surface area contributed by atoms with Crippen LogP contribution in [0.4, 0.5) is 8.78 Å². The molecular weight excluding hydrogens is 238 g/mol. The van der Waals surface area contributed by atoms with Crippen LogP contribution in [0.2, 0.25) is 0 Å². The molecule has 2 aromatic rings.